The lowest BCUT2D eigenvalue weighted by Gasteiger charge is -2.12. The molecule has 3 aromatic carbocycles. The molecule has 0 amide bonds. The van der Waals surface area contributed by atoms with Crippen LogP contribution in [-0.4, -0.2) is 27.7 Å². The standard InChI is InChI=1S/C31H26FN5O2/c1-3-19-9-16-26-28-27(18-33-36-28)31(38)37(24-6-4-5-21(17-24)20-7-10-22(32)11-8-20)30(26)35-29(19)34-23-12-14-25(39-2)15-13-23/h4-8,10-19H,3,9H2,1-2H3,(H,33,36). The number of rotatable bonds is 5. The summed E-state index contributed by atoms with van der Waals surface area (Å²) in [6, 6.07) is 21.4. The van der Waals surface area contributed by atoms with Crippen molar-refractivity contribution in [2.24, 2.45) is 15.9 Å². The van der Waals surface area contributed by atoms with Gasteiger partial charge < -0.3 is 4.74 Å². The third kappa shape index (κ3) is 4.54. The Morgan fingerprint density at radius 2 is 1.87 bits per heavy atom. The van der Waals surface area contributed by atoms with Crippen molar-refractivity contribution in [3.05, 3.63) is 106 Å². The van der Waals surface area contributed by atoms with E-state index in [1.165, 1.54) is 12.1 Å². The molecule has 7 nitrogen and oxygen atoms in total. The minimum Gasteiger partial charge on any atom is -0.497 e. The van der Waals surface area contributed by atoms with Gasteiger partial charge in [0, 0.05) is 11.1 Å². The molecule has 194 valence electrons. The van der Waals surface area contributed by atoms with Crippen LogP contribution in [0.2, 0.25) is 0 Å². The maximum atomic E-state index is 13.9. The molecule has 6 rings (SSSR count). The van der Waals surface area contributed by atoms with Crippen LogP contribution >= 0.6 is 0 Å². The second kappa shape index (κ2) is 10.1. The van der Waals surface area contributed by atoms with E-state index in [0.717, 1.165) is 34.2 Å². The number of methoxy groups -OCH3 is 1. The highest BCUT2D eigenvalue weighted by Gasteiger charge is 2.20. The average molecular weight is 520 g/mol. The summed E-state index contributed by atoms with van der Waals surface area (Å²) in [6.07, 6.45) is 5.22. The van der Waals surface area contributed by atoms with Crippen LogP contribution in [0, 0.1) is 11.7 Å². The van der Waals surface area contributed by atoms with E-state index in [4.69, 9.17) is 14.7 Å². The Morgan fingerprint density at radius 3 is 2.62 bits per heavy atom. The van der Waals surface area contributed by atoms with Gasteiger partial charge in [-0.3, -0.25) is 14.5 Å². The Morgan fingerprint density at radius 1 is 1.08 bits per heavy atom. The maximum absolute atomic E-state index is 13.9. The first kappa shape index (κ1) is 24.5. The Hall–Kier alpha value is -4.85. The maximum Gasteiger partial charge on any atom is 0.267 e. The summed E-state index contributed by atoms with van der Waals surface area (Å²) < 4.78 is 20.5. The Bertz CT molecular complexity index is 1890. The van der Waals surface area contributed by atoms with Crippen molar-refractivity contribution < 1.29 is 9.13 Å². The zero-order chi connectivity index (χ0) is 26.9. The number of pyridine rings is 1. The first-order valence-corrected chi connectivity index (χ1v) is 12.8. The van der Waals surface area contributed by atoms with E-state index < -0.39 is 0 Å². The first-order chi connectivity index (χ1) is 19.1. The number of halogens is 1. The molecule has 0 bridgehead atoms. The summed E-state index contributed by atoms with van der Waals surface area (Å²) >= 11 is 0. The lowest BCUT2D eigenvalue weighted by Crippen LogP contribution is -2.43. The van der Waals surface area contributed by atoms with Crippen molar-refractivity contribution in [3.8, 4) is 22.6 Å². The molecule has 3 heterocycles. The molecule has 1 aliphatic rings. The van der Waals surface area contributed by atoms with Crippen molar-refractivity contribution >= 4 is 28.5 Å². The van der Waals surface area contributed by atoms with Gasteiger partial charge in [-0.1, -0.05) is 37.3 Å². The number of benzene rings is 3. The third-order valence-electron chi connectivity index (χ3n) is 7.08. The van der Waals surface area contributed by atoms with E-state index in [1.807, 2.05) is 48.5 Å². The highest BCUT2D eigenvalue weighted by Crippen LogP contribution is 2.24. The Balaban J connectivity index is 1.62. The zero-order valence-electron chi connectivity index (χ0n) is 21.6. The van der Waals surface area contributed by atoms with Crippen LogP contribution in [0.4, 0.5) is 10.1 Å². The minimum atomic E-state index is -0.301. The summed E-state index contributed by atoms with van der Waals surface area (Å²) in [5.74, 6) is 1.16. The second-order valence-electron chi connectivity index (χ2n) is 9.42. The lowest BCUT2D eigenvalue weighted by atomic mass is 10.0. The predicted octanol–water partition coefficient (Wildman–Crippen LogP) is 5.09. The number of ether oxygens (including phenoxy) is 1. The number of amidine groups is 1. The van der Waals surface area contributed by atoms with Gasteiger partial charge in [-0.05, 0) is 72.5 Å². The van der Waals surface area contributed by atoms with E-state index >= 15 is 0 Å². The topological polar surface area (TPSA) is 84.6 Å². The van der Waals surface area contributed by atoms with Crippen molar-refractivity contribution in [1.82, 2.24) is 14.8 Å². The molecule has 1 atom stereocenters. The Labute approximate surface area is 223 Å². The van der Waals surface area contributed by atoms with Crippen LogP contribution < -0.4 is 21.0 Å². The molecule has 39 heavy (non-hydrogen) atoms. The summed E-state index contributed by atoms with van der Waals surface area (Å²) in [6.45, 7) is 2.11. The van der Waals surface area contributed by atoms with Crippen molar-refractivity contribution in [1.29, 1.82) is 0 Å². The second-order valence-corrected chi connectivity index (χ2v) is 9.42. The molecular weight excluding hydrogens is 493 g/mol. The molecule has 0 spiro atoms. The average Bonchev–Trinajstić information content (AvgIpc) is 3.39. The molecular formula is C31H26FN5O2. The highest BCUT2D eigenvalue weighted by molar-refractivity contribution is 5.89. The van der Waals surface area contributed by atoms with E-state index in [0.29, 0.717) is 34.3 Å². The van der Waals surface area contributed by atoms with Crippen LogP contribution in [0.5, 0.6) is 5.75 Å². The fourth-order valence-corrected chi connectivity index (χ4v) is 4.93. The molecule has 0 fully saturated rings. The van der Waals surface area contributed by atoms with Crippen molar-refractivity contribution in [2.75, 3.05) is 7.11 Å². The van der Waals surface area contributed by atoms with Crippen LogP contribution in [0.25, 0.3) is 33.8 Å². The number of H-pyrrole nitrogens is 1. The van der Waals surface area contributed by atoms with Crippen molar-refractivity contribution in [2.45, 2.75) is 19.8 Å². The van der Waals surface area contributed by atoms with Gasteiger partial charge in [-0.2, -0.15) is 5.10 Å². The number of hydrogen-bond acceptors (Lipinski definition) is 4. The summed E-state index contributed by atoms with van der Waals surface area (Å²) in [4.78, 5) is 23.9. The summed E-state index contributed by atoms with van der Waals surface area (Å²) in [5.41, 5.74) is 4.03. The normalized spacial score (nSPS) is 15.9. The summed E-state index contributed by atoms with van der Waals surface area (Å²) in [7, 11) is 1.63. The predicted molar refractivity (Wildman–Crippen MR) is 151 cm³/mol. The number of nitrogens with zero attached hydrogens (tertiary/aromatic N) is 4. The number of fused-ring (bicyclic) bond motifs is 3. The van der Waals surface area contributed by atoms with Crippen LogP contribution in [0.1, 0.15) is 19.8 Å². The van der Waals surface area contributed by atoms with Gasteiger partial charge in [0.05, 0.1) is 35.6 Å². The smallest absolute Gasteiger partial charge is 0.267 e. The van der Waals surface area contributed by atoms with Gasteiger partial charge in [0.25, 0.3) is 5.56 Å². The first-order valence-electron chi connectivity index (χ1n) is 12.8. The molecule has 0 saturated heterocycles. The molecule has 1 unspecified atom stereocenters. The molecule has 5 aromatic rings. The van der Waals surface area contributed by atoms with Crippen LogP contribution in [0.15, 0.2) is 93.8 Å². The fourth-order valence-electron chi connectivity index (χ4n) is 4.93. The summed E-state index contributed by atoms with van der Waals surface area (Å²) in [5, 5.41) is 8.47. The van der Waals surface area contributed by atoms with Crippen molar-refractivity contribution in [3.63, 3.8) is 0 Å². The number of aliphatic imine (C=N–C) groups is 1. The number of nitrogens with one attached hydrogen (secondary N) is 1. The largest absolute Gasteiger partial charge is 0.497 e. The molecule has 2 aromatic heterocycles. The van der Waals surface area contributed by atoms with E-state index in [2.05, 4.69) is 23.2 Å². The van der Waals surface area contributed by atoms with E-state index in [1.54, 1.807) is 30.0 Å². The van der Waals surface area contributed by atoms with Gasteiger partial charge in [0.1, 0.15) is 17.4 Å². The Kier molecular flexibility index (Phi) is 6.36. The monoisotopic (exact) mass is 519 g/mol. The van der Waals surface area contributed by atoms with Gasteiger partial charge in [-0.25, -0.2) is 14.4 Å². The number of aromatic amines is 1. The third-order valence-corrected chi connectivity index (χ3v) is 7.08. The SMILES string of the molecule is CCC1CC=c2c(n(-c3cccc(-c4ccc(F)cc4)c3)c(=O)c3cn[nH]c23)=NC1=Nc1ccc(OC)cc1. The number of aromatic nitrogens is 3. The van der Waals surface area contributed by atoms with Gasteiger partial charge in [0.15, 0.2) is 5.49 Å². The van der Waals surface area contributed by atoms with Gasteiger partial charge in [0.2, 0.25) is 0 Å². The van der Waals surface area contributed by atoms with Gasteiger partial charge >= 0.3 is 0 Å². The molecule has 1 N–H and O–H groups in total. The minimum absolute atomic E-state index is 0.0616. The quantitative estimate of drug-likeness (QED) is 0.351. The van der Waals surface area contributed by atoms with Crippen LogP contribution in [-0.2, 0) is 0 Å². The van der Waals surface area contributed by atoms with Gasteiger partial charge in [-0.15, -0.1) is 0 Å². The van der Waals surface area contributed by atoms with E-state index in [-0.39, 0.29) is 17.3 Å². The zero-order valence-corrected chi connectivity index (χ0v) is 21.6. The van der Waals surface area contributed by atoms with Crippen LogP contribution in [0.3, 0.4) is 0 Å². The fraction of sp³-hybridized carbons (Fsp3) is 0.161. The highest BCUT2D eigenvalue weighted by atomic mass is 19.1. The molecule has 0 aliphatic carbocycles. The molecule has 8 heteroatoms. The van der Waals surface area contributed by atoms with E-state index in [9.17, 15) is 9.18 Å². The molecule has 0 saturated carbocycles. The molecule has 0 radical (unpaired) electrons. The molecule has 1 aliphatic heterocycles. The lowest BCUT2D eigenvalue weighted by molar-refractivity contribution is 0.415. The number of hydrogen-bond donors (Lipinski definition) is 1.